The standard InChI is InChI=1S/C16H9Br2Cl2N3OS/c17-11-3-8(4-12(18)15(11)24)6-21-23-16-22-14(7-25-16)10-2-1-9(19)5-13(10)20/h1-7,24H,(H,22,23)/b21-6-. The summed E-state index contributed by atoms with van der Waals surface area (Å²) in [5.41, 5.74) is 5.25. The summed E-state index contributed by atoms with van der Waals surface area (Å²) < 4.78 is 1.16. The van der Waals surface area contributed by atoms with Crippen molar-refractivity contribution in [2.45, 2.75) is 0 Å². The van der Waals surface area contributed by atoms with E-state index in [0.717, 1.165) is 16.8 Å². The largest absolute Gasteiger partial charge is 0.506 e. The third kappa shape index (κ3) is 4.54. The number of benzene rings is 2. The Labute approximate surface area is 174 Å². The van der Waals surface area contributed by atoms with Gasteiger partial charge in [0.05, 0.1) is 25.9 Å². The molecule has 0 bridgehead atoms. The molecule has 0 spiro atoms. The van der Waals surface area contributed by atoms with E-state index in [9.17, 15) is 5.11 Å². The number of phenols is 1. The van der Waals surface area contributed by atoms with Gasteiger partial charge in [0, 0.05) is 16.0 Å². The maximum absolute atomic E-state index is 9.70. The highest BCUT2D eigenvalue weighted by atomic mass is 79.9. The number of thiazole rings is 1. The zero-order chi connectivity index (χ0) is 18.0. The second kappa shape index (κ2) is 8.05. The van der Waals surface area contributed by atoms with Gasteiger partial charge in [-0.2, -0.15) is 5.10 Å². The Bertz CT molecular complexity index is 939. The average molecular weight is 522 g/mol. The number of anilines is 1. The molecular weight excluding hydrogens is 513 g/mol. The highest BCUT2D eigenvalue weighted by Gasteiger charge is 2.09. The Hall–Kier alpha value is -1.12. The summed E-state index contributed by atoms with van der Waals surface area (Å²) in [6.07, 6.45) is 1.63. The molecule has 1 heterocycles. The minimum absolute atomic E-state index is 0.148. The molecule has 3 rings (SSSR count). The first-order valence-corrected chi connectivity index (χ1v) is 10.0. The summed E-state index contributed by atoms with van der Waals surface area (Å²) in [4.78, 5) is 4.46. The number of hydrogen-bond donors (Lipinski definition) is 2. The molecule has 0 aliphatic carbocycles. The van der Waals surface area contributed by atoms with E-state index in [1.807, 2.05) is 11.4 Å². The van der Waals surface area contributed by atoms with Crippen LogP contribution in [0.5, 0.6) is 5.75 Å². The van der Waals surface area contributed by atoms with Crippen molar-refractivity contribution in [2.75, 3.05) is 5.43 Å². The lowest BCUT2D eigenvalue weighted by Crippen LogP contribution is -1.91. The van der Waals surface area contributed by atoms with Crippen LogP contribution in [0, 0.1) is 0 Å². The van der Waals surface area contributed by atoms with Gasteiger partial charge in [0.15, 0.2) is 0 Å². The van der Waals surface area contributed by atoms with Gasteiger partial charge in [0.25, 0.3) is 0 Å². The summed E-state index contributed by atoms with van der Waals surface area (Å²) in [5, 5.41) is 17.5. The van der Waals surface area contributed by atoms with Gasteiger partial charge in [-0.05, 0) is 67.8 Å². The molecule has 3 aromatic rings. The molecule has 0 atom stereocenters. The highest BCUT2D eigenvalue weighted by Crippen LogP contribution is 2.33. The third-order valence-corrected chi connectivity index (χ3v) is 5.63. The molecule has 0 fully saturated rings. The van der Waals surface area contributed by atoms with Crippen molar-refractivity contribution in [1.29, 1.82) is 0 Å². The van der Waals surface area contributed by atoms with Crippen LogP contribution < -0.4 is 5.43 Å². The molecule has 2 aromatic carbocycles. The molecule has 0 saturated carbocycles. The molecule has 9 heteroatoms. The van der Waals surface area contributed by atoms with E-state index in [2.05, 4.69) is 47.4 Å². The monoisotopic (exact) mass is 519 g/mol. The van der Waals surface area contributed by atoms with Gasteiger partial charge in [0.2, 0.25) is 5.13 Å². The molecule has 0 amide bonds. The lowest BCUT2D eigenvalue weighted by atomic mass is 10.2. The minimum Gasteiger partial charge on any atom is -0.506 e. The van der Waals surface area contributed by atoms with Crippen molar-refractivity contribution in [3.8, 4) is 17.0 Å². The molecular formula is C16H9Br2Cl2N3OS. The first kappa shape index (κ1) is 18.7. The molecule has 4 nitrogen and oxygen atoms in total. The summed E-state index contributed by atoms with van der Waals surface area (Å²) in [6, 6.07) is 8.80. The first-order chi connectivity index (χ1) is 11.9. The van der Waals surface area contributed by atoms with Gasteiger partial charge in [-0.25, -0.2) is 4.98 Å². The van der Waals surface area contributed by atoms with Crippen molar-refractivity contribution in [3.63, 3.8) is 0 Å². The van der Waals surface area contributed by atoms with E-state index >= 15 is 0 Å². The Balaban J connectivity index is 1.74. The zero-order valence-corrected chi connectivity index (χ0v) is 17.8. The average Bonchev–Trinajstić information content (AvgIpc) is 3.01. The fraction of sp³-hybridized carbons (Fsp3) is 0. The molecule has 2 N–H and O–H groups in total. The van der Waals surface area contributed by atoms with Gasteiger partial charge in [0.1, 0.15) is 5.75 Å². The number of nitrogens with zero attached hydrogens (tertiary/aromatic N) is 2. The Kier molecular flexibility index (Phi) is 6.01. The van der Waals surface area contributed by atoms with Gasteiger partial charge < -0.3 is 5.11 Å². The number of hydrogen-bond acceptors (Lipinski definition) is 5. The van der Waals surface area contributed by atoms with Crippen LogP contribution in [0.25, 0.3) is 11.3 Å². The Morgan fingerprint density at radius 2 is 1.88 bits per heavy atom. The fourth-order valence-electron chi connectivity index (χ4n) is 1.97. The molecule has 0 unspecified atom stereocenters. The normalized spacial score (nSPS) is 11.2. The number of nitrogens with one attached hydrogen (secondary N) is 1. The quantitative estimate of drug-likeness (QED) is 0.293. The third-order valence-electron chi connectivity index (χ3n) is 3.12. The molecule has 128 valence electrons. The van der Waals surface area contributed by atoms with Crippen molar-refractivity contribution in [2.24, 2.45) is 5.10 Å². The Morgan fingerprint density at radius 1 is 1.16 bits per heavy atom. The van der Waals surface area contributed by atoms with Gasteiger partial charge in [-0.15, -0.1) is 11.3 Å². The van der Waals surface area contributed by atoms with Crippen molar-refractivity contribution < 1.29 is 5.11 Å². The van der Waals surface area contributed by atoms with E-state index in [-0.39, 0.29) is 5.75 Å². The van der Waals surface area contributed by atoms with E-state index in [1.54, 1.807) is 30.5 Å². The van der Waals surface area contributed by atoms with Crippen LogP contribution in [0.3, 0.4) is 0 Å². The summed E-state index contributed by atoms with van der Waals surface area (Å²) >= 11 is 20.1. The Morgan fingerprint density at radius 3 is 2.56 bits per heavy atom. The summed E-state index contributed by atoms with van der Waals surface area (Å²) in [6.45, 7) is 0. The molecule has 1 aromatic heterocycles. The molecule has 0 aliphatic heterocycles. The molecule has 0 radical (unpaired) electrons. The van der Waals surface area contributed by atoms with Crippen molar-refractivity contribution in [1.82, 2.24) is 4.98 Å². The molecule has 25 heavy (non-hydrogen) atoms. The van der Waals surface area contributed by atoms with Crippen LogP contribution in [-0.2, 0) is 0 Å². The predicted molar refractivity (Wildman–Crippen MR) is 112 cm³/mol. The first-order valence-electron chi connectivity index (χ1n) is 6.82. The number of aromatic nitrogens is 1. The van der Waals surface area contributed by atoms with E-state index < -0.39 is 0 Å². The topological polar surface area (TPSA) is 57.5 Å². The van der Waals surface area contributed by atoms with E-state index in [4.69, 9.17) is 23.2 Å². The lowest BCUT2D eigenvalue weighted by Gasteiger charge is -2.02. The number of phenolic OH excluding ortho intramolecular Hbond substituents is 1. The molecule has 0 saturated heterocycles. The summed E-state index contributed by atoms with van der Waals surface area (Å²) in [7, 11) is 0. The SMILES string of the molecule is Oc1c(Br)cc(/C=N\Nc2nc(-c3ccc(Cl)cc3Cl)cs2)cc1Br. The van der Waals surface area contributed by atoms with Crippen LogP contribution in [0.4, 0.5) is 5.13 Å². The number of hydrazone groups is 1. The van der Waals surface area contributed by atoms with Crippen LogP contribution in [-0.4, -0.2) is 16.3 Å². The zero-order valence-electron chi connectivity index (χ0n) is 12.3. The van der Waals surface area contributed by atoms with Gasteiger partial charge >= 0.3 is 0 Å². The highest BCUT2D eigenvalue weighted by molar-refractivity contribution is 9.11. The fourth-order valence-corrected chi connectivity index (χ4v) is 4.35. The van der Waals surface area contributed by atoms with Crippen molar-refractivity contribution in [3.05, 3.63) is 60.3 Å². The van der Waals surface area contributed by atoms with Crippen LogP contribution in [0.2, 0.25) is 10.0 Å². The van der Waals surface area contributed by atoms with Crippen LogP contribution >= 0.6 is 66.4 Å². The summed E-state index contributed by atoms with van der Waals surface area (Å²) in [5.74, 6) is 0.148. The second-order valence-electron chi connectivity index (χ2n) is 4.87. The molecule has 0 aliphatic rings. The number of halogens is 4. The number of rotatable bonds is 4. The predicted octanol–water partition coefficient (Wildman–Crippen LogP) is 6.79. The van der Waals surface area contributed by atoms with Gasteiger partial charge in [-0.1, -0.05) is 23.2 Å². The number of aromatic hydroxyl groups is 1. The van der Waals surface area contributed by atoms with Crippen LogP contribution in [0.15, 0.2) is 49.8 Å². The maximum Gasteiger partial charge on any atom is 0.203 e. The maximum atomic E-state index is 9.70. The van der Waals surface area contributed by atoms with Gasteiger partial charge in [-0.3, -0.25) is 5.43 Å². The minimum atomic E-state index is 0.148. The van der Waals surface area contributed by atoms with Crippen LogP contribution in [0.1, 0.15) is 5.56 Å². The van der Waals surface area contributed by atoms with E-state index in [1.165, 1.54) is 11.3 Å². The lowest BCUT2D eigenvalue weighted by molar-refractivity contribution is 0.468. The van der Waals surface area contributed by atoms with E-state index in [0.29, 0.717) is 24.1 Å². The smallest absolute Gasteiger partial charge is 0.203 e. The second-order valence-corrected chi connectivity index (χ2v) is 8.28. The van der Waals surface area contributed by atoms with Crippen molar-refractivity contribution >= 4 is 77.7 Å².